The molecule has 1 aliphatic heterocycles. The molecule has 0 spiro atoms. The van der Waals surface area contributed by atoms with E-state index in [2.05, 4.69) is 4.74 Å². The van der Waals surface area contributed by atoms with Crippen molar-refractivity contribution in [3.05, 3.63) is 0 Å². The Bertz CT molecular complexity index is 453. The van der Waals surface area contributed by atoms with Gasteiger partial charge in [-0.3, -0.25) is 4.79 Å². The van der Waals surface area contributed by atoms with Crippen LogP contribution in [0.25, 0.3) is 0 Å². The highest BCUT2D eigenvalue weighted by molar-refractivity contribution is 7.90. The maximum absolute atomic E-state index is 12.1. The van der Waals surface area contributed by atoms with Gasteiger partial charge in [-0.15, -0.1) is 0 Å². The highest BCUT2D eigenvalue weighted by Gasteiger charge is 2.36. The van der Waals surface area contributed by atoms with E-state index >= 15 is 0 Å². The molecule has 1 heterocycles. The first-order chi connectivity index (χ1) is 9.28. The van der Waals surface area contributed by atoms with Crippen molar-refractivity contribution >= 4 is 22.0 Å². The molecule has 0 radical (unpaired) electrons. The van der Waals surface area contributed by atoms with E-state index in [0.29, 0.717) is 12.8 Å². The van der Waals surface area contributed by atoms with E-state index in [1.165, 1.54) is 11.2 Å². The van der Waals surface area contributed by atoms with Gasteiger partial charge in [0.2, 0.25) is 10.0 Å². The molecule has 1 atom stereocenters. The summed E-state index contributed by atoms with van der Waals surface area (Å²) in [6.45, 7) is 1.30. The molecule has 1 rings (SSSR count). The average Bonchev–Trinajstić information content (AvgIpc) is 2.43. The van der Waals surface area contributed by atoms with Crippen LogP contribution in [0, 0.1) is 0 Å². The minimum absolute atomic E-state index is 0.202. The van der Waals surface area contributed by atoms with E-state index < -0.39 is 33.8 Å². The Kier molecular flexibility index (Phi) is 5.90. The van der Waals surface area contributed by atoms with Crippen LogP contribution in [0.2, 0.25) is 0 Å². The number of carbonyl (C=O) groups excluding carboxylic acids is 1. The third-order valence-corrected chi connectivity index (χ3v) is 5.35. The van der Waals surface area contributed by atoms with Crippen molar-refractivity contribution in [1.82, 2.24) is 4.31 Å². The van der Waals surface area contributed by atoms with Gasteiger partial charge in [-0.05, 0) is 19.8 Å². The van der Waals surface area contributed by atoms with Crippen LogP contribution in [0.5, 0.6) is 0 Å². The second kappa shape index (κ2) is 7.00. The lowest BCUT2D eigenvalue weighted by atomic mass is 10.1. The zero-order valence-corrected chi connectivity index (χ0v) is 12.3. The van der Waals surface area contributed by atoms with Gasteiger partial charge in [0.15, 0.2) is 5.25 Å². The molecule has 1 unspecified atom stereocenters. The van der Waals surface area contributed by atoms with E-state index in [1.54, 1.807) is 0 Å². The molecule has 0 bridgehead atoms. The van der Waals surface area contributed by atoms with Crippen molar-refractivity contribution in [2.24, 2.45) is 0 Å². The van der Waals surface area contributed by atoms with Gasteiger partial charge >= 0.3 is 11.9 Å². The van der Waals surface area contributed by atoms with Crippen molar-refractivity contribution in [2.45, 2.75) is 31.1 Å². The maximum Gasteiger partial charge on any atom is 0.329 e. The van der Waals surface area contributed by atoms with E-state index in [-0.39, 0.29) is 19.2 Å². The molecule has 8 nitrogen and oxygen atoms in total. The molecule has 1 fully saturated rings. The number of carboxylic acids is 1. The number of methoxy groups -OCH3 is 1. The summed E-state index contributed by atoms with van der Waals surface area (Å²) in [5.41, 5.74) is 0. The minimum Gasteiger partial charge on any atom is -0.480 e. The van der Waals surface area contributed by atoms with Crippen LogP contribution in [0.1, 0.15) is 19.8 Å². The van der Waals surface area contributed by atoms with Gasteiger partial charge in [0.1, 0.15) is 6.61 Å². The number of ether oxygens (including phenoxy) is 2. The summed E-state index contributed by atoms with van der Waals surface area (Å²) in [5.74, 6) is -1.85. The summed E-state index contributed by atoms with van der Waals surface area (Å²) >= 11 is 0. The second-order valence-corrected chi connectivity index (χ2v) is 6.77. The minimum atomic E-state index is -3.74. The smallest absolute Gasteiger partial charge is 0.329 e. The third kappa shape index (κ3) is 4.15. The number of piperidine rings is 1. The summed E-state index contributed by atoms with van der Waals surface area (Å²) in [6, 6.07) is 0. The Morgan fingerprint density at radius 3 is 2.35 bits per heavy atom. The summed E-state index contributed by atoms with van der Waals surface area (Å²) in [6.07, 6.45) is 0.534. The molecule has 0 aromatic rings. The number of aliphatic carboxylic acids is 1. The first-order valence-corrected chi connectivity index (χ1v) is 7.69. The van der Waals surface area contributed by atoms with Crippen LogP contribution in [0.3, 0.4) is 0 Å². The number of rotatable bonds is 6. The zero-order valence-electron chi connectivity index (χ0n) is 11.4. The number of esters is 1. The van der Waals surface area contributed by atoms with Crippen molar-refractivity contribution in [2.75, 3.05) is 26.8 Å². The predicted octanol–water partition coefficient (Wildman–Crippen LogP) is -0.557. The molecule has 1 N–H and O–H groups in total. The van der Waals surface area contributed by atoms with Crippen LogP contribution < -0.4 is 0 Å². The molecule has 1 aliphatic rings. The Balaban J connectivity index is 2.56. The van der Waals surface area contributed by atoms with Crippen LogP contribution in [-0.4, -0.2) is 67.9 Å². The molecule has 0 saturated carbocycles. The number of hydrogen-bond donors (Lipinski definition) is 1. The van der Waals surface area contributed by atoms with Gasteiger partial charge in [0.05, 0.1) is 13.2 Å². The van der Waals surface area contributed by atoms with Crippen LogP contribution >= 0.6 is 0 Å². The van der Waals surface area contributed by atoms with Gasteiger partial charge < -0.3 is 14.6 Å². The zero-order chi connectivity index (χ0) is 15.3. The summed E-state index contributed by atoms with van der Waals surface area (Å²) < 4.78 is 35.1. The van der Waals surface area contributed by atoms with Crippen LogP contribution in [0.15, 0.2) is 0 Å². The fraction of sp³-hybridized carbons (Fsp3) is 0.818. The van der Waals surface area contributed by atoms with E-state index in [1.807, 2.05) is 0 Å². The van der Waals surface area contributed by atoms with E-state index in [0.717, 1.165) is 7.11 Å². The topological polar surface area (TPSA) is 110 Å². The summed E-state index contributed by atoms with van der Waals surface area (Å²) in [7, 11) is -2.60. The number of carboxylic acid groups (broad SMARTS) is 1. The van der Waals surface area contributed by atoms with Crippen LogP contribution in [0.4, 0.5) is 0 Å². The number of sulfonamides is 1. The highest BCUT2D eigenvalue weighted by atomic mass is 32.2. The van der Waals surface area contributed by atoms with Gasteiger partial charge in [-0.2, -0.15) is 0 Å². The first-order valence-electron chi connectivity index (χ1n) is 6.19. The van der Waals surface area contributed by atoms with Gasteiger partial charge in [-0.1, -0.05) is 0 Å². The average molecular weight is 309 g/mol. The Labute approximate surface area is 117 Å². The Morgan fingerprint density at radius 2 is 1.90 bits per heavy atom. The normalized spacial score (nSPS) is 19.5. The fourth-order valence-corrected chi connectivity index (χ4v) is 3.46. The van der Waals surface area contributed by atoms with Crippen molar-refractivity contribution < 1.29 is 32.6 Å². The lowest BCUT2D eigenvalue weighted by Gasteiger charge is -2.32. The largest absolute Gasteiger partial charge is 0.480 e. The lowest BCUT2D eigenvalue weighted by molar-refractivity contribution is -0.145. The molecule has 1 saturated heterocycles. The predicted molar refractivity (Wildman–Crippen MR) is 68.6 cm³/mol. The van der Waals surface area contributed by atoms with Crippen molar-refractivity contribution in [3.8, 4) is 0 Å². The van der Waals surface area contributed by atoms with E-state index in [9.17, 15) is 18.0 Å². The molecule has 9 heteroatoms. The standard InChI is InChI=1S/C11H19NO7S/c1-8(11(15)18-2)20(16,17)12-5-3-9(4-6-12)19-7-10(13)14/h8-9H,3-7H2,1-2H3,(H,13,14). The molecule has 20 heavy (non-hydrogen) atoms. The van der Waals surface area contributed by atoms with Gasteiger partial charge in [-0.25, -0.2) is 17.5 Å². The first kappa shape index (κ1) is 16.9. The monoisotopic (exact) mass is 309 g/mol. The molecule has 116 valence electrons. The molecular weight excluding hydrogens is 290 g/mol. The van der Waals surface area contributed by atoms with Gasteiger partial charge in [0, 0.05) is 13.1 Å². The third-order valence-electron chi connectivity index (χ3n) is 3.18. The Morgan fingerprint density at radius 1 is 1.35 bits per heavy atom. The number of hydrogen-bond acceptors (Lipinski definition) is 6. The summed E-state index contributed by atoms with van der Waals surface area (Å²) in [5, 5.41) is 7.26. The summed E-state index contributed by atoms with van der Waals surface area (Å²) in [4.78, 5) is 21.7. The van der Waals surface area contributed by atoms with Crippen LogP contribution in [-0.2, 0) is 29.1 Å². The quantitative estimate of drug-likeness (QED) is 0.655. The SMILES string of the molecule is COC(=O)C(C)S(=O)(=O)N1CCC(OCC(=O)O)CC1. The number of carbonyl (C=O) groups is 2. The number of nitrogens with zero attached hydrogens (tertiary/aromatic N) is 1. The van der Waals surface area contributed by atoms with Crippen molar-refractivity contribution in [3.63, 3.8) is 0 Å². The van der Waals surface area contributed by atoms with E-state index in [4.69, 9.17) is 9.84 Å². The molecule has 0 amide bonds. The second-order valence-electron chi connectivity index (χ2n) is 4.51. The fourth-order valence-electron chi connectivity index (χ4n) is 1.95. The van der Waals surface area contributed by atoms with Gasteiger partial charge in [0.25, 0.3) is 0 Å². The maximum atomic E-state index is 12.1. The highest BCUT2D eigenvalue weighted by Crippen LogP contribution is 2.19. The molecule has 0 aromatic carbocycles. The Hall–Kier alpha value is -1.19. The lowest BCUT2D eigenvalue weighted by Crippen LogP contribution is -2.46. The molecular formula is C11H19NO7S. The molecule has 0 aromatic heterocycles. The molecule has 0 aliphatic carbocycles. The van der Waals surface area contributed by atoms with Crippen molar-refractivity contribution in [1.29, 1.82) is 0 Å².